The van der Waals surface area contributed by atoms with E-state index >= 15 is 0 Å². The van der Waals surface area contributed by atoms with Crippen LogP contribution in [0.25, 0.3) is 0 Å². The van der Waals surface area contributed by atoms with Crippen LogP contribution in [0.4, 0.5) is 0 Å². The molecule has 19 heavy (non-hydrogen) atoms. The van der Waals surface area contributed by atoms with Gasteiger partial charge in [-0.2, -0.15) is 0 Å². The molecule has 2 atom stereocenters. The molecule has 0 aliphatic carbocycles. The monoisotopic (exact) mass is 262 g/mol. The second-order valence-electron chi connectivity index (χ2n) is 5.87. The highest BCUT2D eigenvalue weighted by atomic mass is 16.5. The van der Waals surface area contributed by atoms with Crippen molar-refractivity contribution < 1.29 is 9.84 Å². The van der Waals surface area contributed by atoms with Crippen molar-refractivity contribution >= 4 is 0 Å². The number of aryl methyl sites for hydroxylation is 3. The molecule has 2 rings (SSSR count). The first kappa shape index (κ1) is 14.5. The zero-order valence-corrected chi connectivity index (χ0v) is 12.4. The SMILES string of the molecule is Cc1cc(C)c(C(O)CCC2CCCCO2)cc1C. The molecule has 1 N–H and O–H groups in total. The maximum atomic E-state index is 10.4. The Morgan fingerprint density at radius 1 is 1.16 bits per heavy atom. The van der Waals surface area contributed by atoms with Crippen LogP contribution in [0.15, 0.2) is 12.1 Å². The van der Waals surface area contributed by atoms with Gasteiger partial charge < -0.3 is 9.84 Å². The van der Waals surface area contributed by atoms with Crippen molar-refractivity contribution in [3.63, 3.8) is 0 Å². The highest BCUT2D eigenvalue weighted by molar-refractivity contribution is 5.37. The molecule has 1 aromatic rings. The topological polar surface area (TPSA) is 29.5 Å². The molecule has 1 heterocycles. The van der Waals surface area contributed by atoms with Gasteiger partial charge >= 0.3 is 0 Å². The fraction of sp³-hybridized carbons (Fsp3) is 0.647. The van der Waals surface area contributed by atoms with E-state index in [2.05, 4.69) is 32.9 Å². The average Bonchev–Trinajstić information content (AvgIpc) is 2.41. The van der Waals surface area contributed by atoms with E-state index in [4.69, 9.17) is 4.74 Å². The summed E-state index contributed by atoms with van der Waals surface area (Å²) in [4.78, 5) is 0. The van der Waals surface area contributed by atoms with E-state index in [1.807, 2.05) is 0 Å². The quantitative estimate of drug-likeness (QED) is 0.889. The molecule has 1 fully saturated rings. The van der Waals surface area contributed by atoms with Gasteiger partial charge in [-0.25, -0.2) is 0 Å². The summed E-state index contributed by atoms with van der Waals surface area (Å²) in [5.41, 5.74) is 4.83. The molecule has 106 valence electrons. The van der Waals surface area contributed by atoms with Crippen LogP contribution in [-0.4, -0.2) is 17.8 Å². The van der Waals surface area contributed by atoms with Gasteiger partial charge in [-0.05, 0) is 75.1 Å². The third-order valence-electron chi connectivity index (χ3n) is 4.28. The van der Waals surface area contributed by atoms with Crippen LogP contribution >= 0.6 is 0 Å². The Bertz CT molecular complexity index is 420. The molecule has 0 saturated carbocycles. The predicted molar refractivity (Wildman–Crippen MR) is 78.4 cm³/mol. The van der Waals surface area contributed by atoms with Crippen molar-refractivity contribution in [1.29, 1.82) is 0 Å². The molecular weight excluding hydrogens is 236 g/mol. The smallest absolute Gasteiger partial charge is 0.0793 e. The van der Waals surface area contributed by atoms with Gasteiger partial charge in [-0.3, -0.25) is 0 Å². The first-order valence-electron chi connectivity index (χ1n) is 7.45. The van der Waals surface area contributed by atoms with E-state index in [1.165, 1.54) is 29.5 Å². The lowest BCUT2D eigenvalue weighted by Gasteiger charge is -2.24. The molecule has 0 spiro atoms. The lowest BCUT2D eigenvalue weighted by molar-refractivity contribution is 0.00208. The highest BCUT2D eigenvalue weighted by Gasteiger charge is 2.17. The molecule has 2 heteroatoms. The van der Waals surface area contributed by atoms with E-state index in [9.17, 15) is 5.11 Å². The van der Waals surface area contributed by atoms with Gasteiger partial charge in [0, 0.05) is 6.61 Å². The first-order valence-corrected chi connectivity index (χ1v) is 7.45. The summed E-state index contributed by atoms with van der Waals surface area (Å²) in [5.74, 6) is 0. The summed E-state index contributed by atoms with van der Waals surface area (Å²) >= 11 is 0. The standard InChI is InChI=1S/C17H26O2/c1-12-10-14(3)16(11-13(12)2)17(18)8-7-15-6-4-5-9-19-15/h10-11,15,17-18H,4-9H2,1-3H3. The minimum absolute atomic E-state index is 0.357. The second-order valence-corrected chi connectivity index (χ2v) is 5.87. The van der Waals surface area contributed by atoms with E-state index < -0.39 is 0 Å². The van der Waals surface area contributed by atoms with E-state index in [0.29, 0.717) is 6.10 Å². The van der Waals surface area contributed by atoms with E-state index in [-0.39, 0.29) is 6.10 Å². The number of aliphatic hydroxyl groups is 1. The molecule has 0 amide bonds. The number of aliphatic hydroxyl groups excluding tert-OH is 1. The number of benzene rings is 1. The van der Waals surface area contributed by atoms with Crippen LogP contribution in [-0.2, 0) is 4.74 Å². The van der Waals surface area contributed by atoms with Gasteiger partial charge in [0.2, 0.25) is 0 Å². The van der Waals surface area contributed by atoms with Crippen LogP contribution in [0.3, 0.4) is 0 Å². The zero-order chi connectivity index (χ0) is 13.8. The molecule has 2 nitrogen and oxygen atoms in total. The Hall–Kier alpha value is -0.860. The van der Waals surface area contributed by atoms with Crippen LogP contribution in [0.2, 0.25) is 0 Å². The normalized spacial score (nSPS) is 21.4. The molecule has 1 saturated heterocycles. The van der Waals surface area contributed by atoms with Gasteiger partial charge in [0.25, 0.3) is 0 Å². The van der Waals surface area contributed by atoms with Gasteiger partial charge in [-0.15, -0.1) is 0 Å². The van der Waals surface area contributed by atoms with Crippen molar-refractivity contribution in [3.05, 3.63) is 34.4 Å². The maximum absolute atomic E-state index is 10.4. The molecule has 1 aliphatic rings. The Kier molecular flexibility index (Phi) is 5.00. The summed E-state index contributed by atoms with van der Waals surface area (Å²) in [6, 6.07) is 4.31. The molecule has 0 bridgehead atoms. The van der Waals surface area contributed by atoms with Gasteiger partial charge in [-0.1, -0.05) is 12.1 Å². The minimum atomic E-state index is -0.357. The molecule has 0 radical (unpaired) electrons. The van der Waals surface area contributed by atoms with E-state index in [0.717, 1.165) is 31.4 Å². The largest absolute Gasteiger partial charge is 0.388 e. The van der Waals surface area contributed by atoms with Crippen molar-refractivity contribution in [2.75, 3.05) is 6.61 Å². The van der Waals surface area contributed by atoms with Crippen molar-refractivity contribution in [2.24, 2.45) is 0 Å². The van der Waals surface area contributed by atoms with Crippen molar-refractivity contribution in [1.82, 2.24) is 0 Å². The van der Waals surface area contributed by atoms with Crippen LogP contribution < -0.4 is 0 Å². The second kappa shape index (κ2) is 6.53. The fourth-order valence-corrected chi connectivity index (χ4v) is 2.88. The van der Waals surface area contributed by atoms with Crippen LogP contribution in [0.1, 0.15) is 60.5 Å². The highest BCUT2D eigenvalue weighted by Crippen LogP contribution is 2.27. The summed E-state index contributed by atoms with van der Waals surface area (Å²) in [7, 11) is 0. The molecule has 1 aliphatic heterocycles. The summed E-state index contributed by atoms with van der Waals surface area (Å²) in [6.07, 6.45) is 5.37. The Morgan fingerprint density at radius 2 is 1.89 bits per heavy atom. The Balaban J connectivity index is 1.95. The predicted octanol–water partition coefficient (Wildman–Crippen LogP) is 3.99. The number of rotatable bonds is 4. The maximum Gasteiger partial charge on any atom is 0.0793 e. The number of hydrogen-bond donors (Lipinski definition) is 1. The summed E-state index contributed by atoms with van der Waals surface area (Å²) in [5, 5.41) is 10.4. The van der Waals surface area contributed by atoms with Gasteiger partial charge in [0.1, 0.15) is 0 Å². The minimum Gasteiger partial charge on any atom is -0.388 e. The molecular formula is C17H26O2. The first-order chi connectivity index (χ1) is 9.08. The lowest BCUT2D eigenvalue weighted by Crippen LogP contribution is -2.19. The molecule has 2 unspecified atom stereocenters. The van der Waals surface area contributed by atoms with Crippen LogP contribution in [0.5, 0.6) is 0 Å². The third kappa shape index (κ3) is 3.80. The van der Waals surface area contributed by atoms with Gasteiger partial charge in [0.15, 0.2) is 0 Å². The molecule has 0 aromatic heterocycles. The van der Waals surface area contributed by atoms with E-state index in [1.54, 1.807) is 0 Å². The average molecular weight is 262 g/mol. The number of hydrogen-bond acceptors (Lipinski definition) is 2. The third-order valence-corrected chi connectivity index (χ3v) is 4.28. The zero-order valence-electron chi connectivity index (χ0n) is 12.4. The molecule has 1 aromatic carbocycles. The van der Waals surface area contributed by atoms with Crippen molar-refractivity contribution in [2.45, 2.75) is 65.1 Å². The van der Waals surface area contributed by atoms with Gasteiger partial charge in [0.05, 0.1) is 12.2 Å². The lowest BCUT2D eigenvalue weighted by atomic mass is 9.93. The Morgan fingerprint density at radius 3 is 2.58 bits per heavy atom. The summed E-state index contributed by atoms with van der Waals surface area (Å²) < 4.78 is 5.73. The summed E-state index contributed by atoms with van der Waals surface area (Å²) in [6.45, 7) is 7.20. The fourth-order valence-electron chi connectivity index (χ4n) is 2.88. The van der Waals surface area contributed by atoms with Crippen LogP contribution in [0, 0.1) is 20.8 Å². The Labute approximate surface area is 116 Å². The number of ether oxygens (including phenoxy) is 1. The van der Waals surface area contributed by atoms with Crippen molar-refractivity contribution in [3.8, 4) is 0 Å².